The van der Waals surface area contributed by atoms with E-state index in [1.807, 2.05) is 0 Å². The second kappa shape index (κ2) is 5.01. The lowest BCUT2D eigenvalue weighted by Gasteiger charge is -2.40. The van der Waals surface area contributed by atoms with E-state index in [-0.39, 0.29) is 0 Å². The molecule has 1 heterocycles. The van der Waals surface area contributed by atoms with E-state index < -0.39 is 41.8 Å². The summed E-state index contributed by atoms with van der Waals surface area (Å²) in [4.78, 5) is 13.0. The molecule has 1 aliphatic rings. The van der Waals surface area contributed by atoms with Crippen LogP contribution in [0.5, 0.6) is 0 Å². The molecular formula is C13H22F3NO4. The minimum absolute atomic E-state index is 0.432. The Balaban J connectivity index is 3.14. The minimum Gasteiger partial charge on any atom is -0.444 e. The average Bonchev–Trinajstić information content (AvgIpc) is 2.49. The smallest absolute Gasteiger partial charge is 0.419 e. The number of amides is 1. The summed E-state index contributed by atoms with van der Waals surface area (Å²) in [6.07, 6.45) is -5.86. The topological polar surface area (TPSA) is 59.0 Å². The number of rotatable bonds is 1. The SMILES string of the molecule is CC(C)(C)OC(=O)N1[C@@H]([C@@](C)(O)C(F)(F)F)COC1(C)C. The quantitative estimate of drug-likeness (QED) is 0.808. The van der Waals surface area contributed by atoms with Crippen molar-refractivity contribution >= 4 is 6.09 Å². The number of carbonyl (C=O) groups is 1. The highest BCUT2D eigenvalue weighted by molar-refractivity contribution is 5.70. The van der Waals surface area contributed by atoms with Gasteiger partial charge in [0, 0.05) is 0 Å². The maximum absolute atomic E-state index is 13.0. The minimum atomic E-state index is -4.90. The van der Waals surface area contributed by atoms with Crippen molar-refractivity contribution in [1.29, 1.82) is 0 Å². The van der Waals surface area contributed by atoms with Gasteiger partial charge in [0.1, 0.15) is 11.3 Å². The standard InChI is InChI=1S/C13H22F3NO4/c1-10(2,3)21-9(18)17-8(7-20-11(17,4)5)12(6,19)13(14,15)16/h8,19H,7H2,1-6H3/t8-,12-/m1/s1. The summed E-state index contributed by atoms with van der Waals surface area (Å²) in [5.74, 6) is 0. The van der Waals surface area contributed by atoms with Crippen molar-refractivity contribution in [2.75, 3.05) is 6.61 Å². The van der Waals surface area contributed by atoms with Crippen LogP contribution in [0.2, 0.25) is 0 Å². The molecule has 21 heavy (non-hydrogen) atoms. The lowest BCUT2D eigenvalue weighted by molar-refractivity contribution is -0.269. The molecule has 0 unspecified atom stereocenters. The summed E-state index contributed by atoms with van der Waals surface area (Å²) >= 11 is 0. The molecule has 0 aromatic heterocycles. The molecule has 0 aromatic rings. The molecular weight excluding hydrogens is 291 g/mol. The third-order valence-electron chi connectivity index (χ3n) is 3.30. The van der Waals surface area contributed by atoms with E-state index in [1.54, 1.807) is 20.8 Å². The number of nitrogens with zero attached hydrogens (tertiary/aromatic N) is 1. The van der Waals surface area contributed by atoms with E-state index >= 15 is 0 Å². The highest BCUT2D eigenvalue weighted by Gasteiger charge is 2.62. The van der Waals surface area contributed by atoms with Crippen molar-refractivity contribution in [3.63, 3.8) is 0 Å². The molecule has 1 saturated heterocycles. The van der Waals surface area contributed by atoms with Crippen LogP contribution in [0.25, 0.3) is 0 Å². The highest BCUT2D eigenvalue weighted by atomic mass is 19.4. The van der Waals surface area contributed by atoms with Crippen LogP contribution in [-0.4, -0.2) is 51.9 Å². The van der Waals surface area contributed by atoms with Gasteiger partial charge in [-0.2, -0.15) is 13.2 Å². The van der Waals surface area contributed by atoms with Crippen molar-refractivity contribution in [1.82, 2.24) is 4.90 Å². The summed E-state index contributed by atoms with van der Waals surface area (Å²) in [6.45, 7) is 7.90. The molecule has 0 spiro atoms. The summed E-state index contributed by atoms with van der Waals surface area (Å²) < 4.78 is 49.5. The van der Waals surface area contributed by atoms with E-state index in [0.717, 1.165) is 4.90 Å². The first-order chi connectivity index (χ1) is 9.09. The molecule has 1 N–H and O–H groups in total. The molecule has 1 rings (SSSR count). The molecule has 5 nitrogen and oxygen atoms in total. The monoisotopic (exact) mass is 313 g/mol. The molecule has 8 heteroatoms. The lowest BCUT2D eigenvalue weighted by atomic mass is 9.95. The predicted molar refractivity (Wildman–Crippen MR) is 68.6 cm³/mol. The van der Waals surface area contributed by atoms with Gasteiger partial charge in [-0.15, -0.1) is 0 Å². The van der Waals surface area contributed by atoms with Gasteiger partial charge < -0.3 is 14.6 Å². The van der Waals surface area contributed by atoms with Crippen LogP contribution >= 0.6 is 0 Å². The van der Waals surface area contributed by atoms with Crippen molar-refractivity contribution in [2.45, 2.75) is 70.7 Å². The Morgan fingerprint density at radius 3 is 2.14 bits per heavy atom. The van der Waals surface area contributed by atoms with Crippen molar-refractivity contribution in [2.24, 2.45) is 0 Å². The van der Waals surface area contributed by atoms with Gasteiger partial charge in [-0.25, -0.2) is 4.79 Å². The Kier molecular flexibility index (Phi) is 4.31. The fraction of sp³-hybridized carbons (Fsp3) is 0.923. The Morgan fingerprint density at radius 1 is 1.29 bits per heavy atom. The number of ether oxygens (including phenoxy) is 2. The van der Waals surface area contributed by atoms with Crippen molar-refractivity contribution < 1.29 is 32.5 Å². The molecule has 0 aliphatic carbocycles. The van der Waals surface area contributed by atoms with Crippen LogP contribution in [-0.2, 0) is 9.47 Å². The number of alkyl halides is 3. The second-order valence-corrected chi connectivity index (χ2v) is 6.77. The normalized spacial score (nSPS) is 25.6. The Hall–Kier alpha value is -1.02. The van der Waals surface area contributed by atoms with E-state index in [4.69, 9.17) is 9.47 Å². The number of hydrogen-bond acceptors (Lipinski definition) is 4. The van der Waals surface area contributed by atoms with Crippen LogP contribution < -0.4 is 0 Å². The van der Waals surface area contributed by atoms with Crippen LogP contribution in [0.1, 0.15) is 41.5 Å². The highest BCUT2D eigenvalue weighted by Crippen LogP contribution is 2.41. The van der Waals surface area contributed by atoms with Gasteiger partial charge in [0.2, 0.25) is 0 Å². The predicted octanol–water partition coefficient (Wildman–Crippen LogP) is 2.67. The third-order valence-corrected chi connectivity index (χ3v) is 3.30. The Labute approximate surface area is 122 Å². The van der Waals surface area contributed by atoms with Gasteiger partial charge in [-0.1, -0.05) is 0 Å². The van der Waals surface area contributed by atoms with Crippen LogP contribution in [0.3, 0.4) is 0 Å². The van der Waals surface area contributed by atoms with E-state index in [9.17, 15) is 23.1 Å². The maximum Gasteiger partial charge on any atom is 0.419 e. The molecule has 2 atom stereocenters. The number of aliphatic hydroxyl groups is 1. The molecule has 1 fully saturated rings. The fourth-order valence-corrected chi connectivity index (χ4v) is 2.06. The number of hydrogen-bond donors (Lipinski definition) is 1. The van der Waals surface area contributed by atoms with E-state index in [2.05, 4.69) is 0 Å². The molecule has 124 valence electrons. The third kappa shape index (κ3) is 3.60. The van der Waals surface area contributed by atoms with Gasteiger partial charge >= 0.3 is 12.3 Å². The largest absolute Gasteiger partial charge is 0.444 e. The fourth-order valence-electron chi connectivity index (χ4n) is 2.06. The molecule has 1 amide bonds. The Bertz CT molecular complexity index is 413. The van der Waals surface area contributed by atoms with Crippen LogP contribution in [0.15, 0.2) is 0 Å². The van der Waals surface area contributed by atoms with E-state index in [0.29, 0.717) is 6.92 Å². The zero-order valence-corrected chi connectivity index (χ0v) is 13.0. The maximum atomic E-state index is 13.0. The van der Waals surface area contributed by atoms with E-state index in [1.165, 1.54) is 13.8 Å². The summed E-state index contributed by atoms with van der Waals surface area (Å²) in [6, 6.07) is -1.58. The summed E-state index contributed by atoms with van der Waals surface area (Å²) in [5, 5.41) is 9.85. The van der Waals surface area contributed by atoms with Crippen LogP contribution in [0.4, 0.5) is 18.0 Å². The second-order valence-electron chi connectivity index (χ2n) is 6.77. The average molecular weight is 313 g/mol. The van der Waals surface area contributed by atoms with Gasteiger partial charge in [-0.3, -0.25) is 4.90 Å². The lowest BCUT2D eigenvalue weighted by Crippen LogP contribution is -2.62. The van der Waals surface area contributed by atoms with Crippen LogP contribution in [0, 0.1) is 0 Å². The first-order valence-electron chi connectivity index (χ1n) is 6.55. The molecule has 1 aliphatic heterocycles. The number of carbonyl (C=O) groups excluding carboxylic acids is 1. The molecule has 0 saturated carbocycles. The Morgan fingerprint density at radius 2 is 1.76 bits per heavy atom. The van der Waals surface area contributed by atoms with Crippen molar-refractivity contribution in [3.05, 3.63) is 0 Å². The zero-order chi connectivity index (χ0) is 16.9. The van der Waals surface area contributed by atoms with Gasteiger partial charge in [-0.05, 0) is 41.5 Å². The van der Waals surface area contributed by atoms with Crippen molar-refractivity contribution in [3.8, 4) is 0 Å². The van der Waals surface area contributed by atoms with Gasteiger partial charge in [0.25, 0.3) is 0 Å². The molecule has 0 aromatic carbocycles. The summed E-state index contributed by atoms with van der Waals surface area (Å²) in [5.41, 5.74) is -5.27. The number of halogens is 3. The van der Waals surface area contributed by atoms with Gasteiger partial charge in [0.05, 0.1) is 12.6 Å². The molecule has 0 radical (unpaired) electrons. The first kappa shape index (κ1) is 18.0. The first-order valence-corrected chi connectivity index (χ1v) is 6.55. The summed E-state index contributed by atoms with van der Waals surface area (Å²) in [7, 11) is 0. The molecule has 0 bridgehead atoms. The van der Waals surface area contributed by atoms with Gasteiger partial charge in [0.15, 0.2) is 5.60 Å². The zero-order valence-electron chi connectivity index (χ0n) is 13.0.